The summed E-state index contributed by atoms with van der Waals surface area (Å²) >= 11 is 0. The van der Waals surface area contributed by atoms with Crippen LogP contribution < -0.4 is 10.6 Å². The molecule has 0 aliphatic carbocycles. The molecule has 5 atom stereocenters. The highest BCUT2D eigenvalue weighted by Crippen LogP contribution is 2.48. The Morgan fingerprint density at radius 1 is 1.32 bits per heavy atom. The van der Waals surface area contributed by atoms with Crippen LogP contribution >= 0.6 is 7.60 Å². The summed E-state index contributed by atoms with van der Waals surface area (Å²) in [5, 5.41) is 0. The molecule has 1 saturated heterocycles. The second-order valence-corrected chi connectivity index (χ2v) is 10.0. The van der Waals surface area contributed by atoms with Crippen LogP contribution in [0, 0.1) is 12.3 Å². The van der Waals surface area contributed by atoms with Gasteiger partial charge in [-0.2, -0.15) is 0 Å². The second-order valence-electron chi connectivity index (χ2n) is 7.71. The Labute approximate surface area is 180 Å². The molecule has 170 valence electrons. The number of anilines is 1. The summed E-state index contributed by atoms with van der Waals surface area (Å²) in [5.41, 5.74) is 5.95. The number of imidazole rings is 1. The molecule has 0 amide bonds. The maximum Gasteiger partial charge on any atom is 0.167 e. The Kier molecular flexibility index (Phi) is 7.31. The minimum absolute atomic E-state index is 0.0727. The number of hydrogen-bond acceptors (Lipinski definition) is 10. The molecule has 2 aromatic rings. The number of nitrogens with zero attached hydrogens (tertiary/aromatic N) is 4. The molecule has 0 spiro atoms. The number of fused-ring (bicyclic) bond motifs is 1. The Hall–Kier alpha value is -2.06. The quantitative estimate of drug-likeness (QED) is 0.433. The molecule has 12 heteroatoms. The van der Waals surface area contributed by atoms with Crippen molar-refractivity contribution in [2.24, 2.45) is 0 Å². The molecule has 31 heavy (non-hydrogen) atoms. The van der Waals surface area contributed by atoms with E-state index in [0.717, 1.165) is 0 Å². The highest BCUT2D eigenvalue weighted by atomic mass is 31.2. The SMILES string of the molecule is C#CCOC1[C@@H](OP(=O)([O-])C(C)C)[C@@H](COC(C)C)O[C@H]1n1cnc2c(N)ncnc21. The summed E-state index contributed by atoms with van der Waals surface area (Å²) in [5.74, 6) is 2.60. The fourth-order valence-corrected chi connectivity index (χ4v) is 3.99. The average molecular weight is 452 g/mol. The lowest BCUT2D eigenvalue weighted by Crippen LogP contribution is -2.40. The predicted molar refractivity (Wildman–Crippen MR) is 111 cm³/mol. The lowest BCUT2D eigenvalue weighted by molar-refractivity contribution is -0.210. The zero-order chi connectivity index (χ0) is 22.8. The van der Waals surface area contributed by atoms with Gasteiger partial charge < -0.3 is 33.9 Å². The fourth-order valence-electron chi connectivity index (χ4n) is 3.15. The van der Waals surface area contributed by atoms with E-state index < -0.39 is 37.8 Å². The average Bonchev–Trinajstić information content (AvgIpc) is 3.26. The lowest BCUT2D eigenvalue weighted by atomic mass is 10.1. The molecular formula is C19H27N5O6P-. The van der Waals surface area contributed by atoms with E-state index in [4.69, 9.17) is 30.9 Å². The maximum absolute atomic E-state index is 12.6. The van der Waals surface area contributed by atoms with Crippen molar-refractivity contribution < 1.29 is 28.2 Å². The van der Waals surface area contributed by atoms with Gasteiger partial charge in [-0.3, -0.25) is 4.57 Å². The van der Waals surface area contributed by atoms with Crippen LogP contribution in [0.2, 0.25) is 0 Å². The highest BCUT2D eigenvalue weighted by molar-refractivity contribution is 7.52. The summed E-state index contributed by atoms with van der Waals surface area (Å²) in [6.07, 6.45) is 4.64. The van der Waals surface area contributed by atoms with Gasteiger partial charge in [-0.1, -0.05) is 19.8 Å². The topological polar surface area (TPSA) is 147 Å². The molecule has 2 unspecified atom stereocenters. The Bertz CT molecular complexity index is 990. The molecule has 3 heterocycles. The van der Waals surface area contributed by atoms with Crippen molar-refractivity contribution in [2.45, 2.75) is 64.0 Å². The normalized spacial score (nSPS) is 25.9. The Morgan fingerprint density at radius 3 is 2.71 bits per heavy atom. The standard InChI is InChI=1S/C19H28N5O6P/c1-6-7-27-16-15(30-31(25,26)12(4)5)13(8-28-11(2)3)29-19(16)24-10-23-14-17(20)21-9-22-18(14)24/h1,9-13,15-16,19H,7-8H2,2-5H3,(H,25,26)(H2,20,21,22)/p-1/t13-,15+,16?,19-/m1/s1. The predicted octanol–water partition coefficient (Wildman–Crippen LogP) is 1.10. The van der Waals surface area contributed by atoms with E-state index in [9.17, 15) is 9.46 Å². The first-order chi connectivity index (χ1) is 14.7. The van der Waals surface area contributed by atoms with E-state index in [1.807, 2.05) is 13.8 Å². The number of aromatic nitrogens is 4. The highest BCUT2D eigenvalue weighted by Gasteiger charge is 2.49. The first-order valence-corrected chi connectivity index (χ1v) is 11.5. The molecule has 11 nitrogen and oxygen atoms in total. The van der Waals surface area contributed by atoms with E-state index in [1.165, 1.54) is 12.7 Å². The van der Waals surface area contributed by atoms with Crippen molar-refractivity contribution in [1.82, 2.24) is 19.5 Å². The number of ether oxygens (including phenoxy) is 3. The monoisotopic (exact) mass is 452 g/mol. The lowest BCUT2D eigenvalue weighted by Gasteiger charge is -2.34. The Balaban J connectivity index is 2.01. The van der Waals surface area contributed by atoms with Gasteiger partial charge in [0.15, 0.2) is 17.7 Å². The van der Waals surface area contributed by atoms with Crippen molar-refractivity contribution in [1.29, 1.82) is 0 Å². The molecule has 3 rings (SSSR count). The summed E-state index contributed by atoms with van der Waals surface area (Å²) in [4.78, 5) is 25.0. The molecule has 0 bridgehead atoms. The van der Waals surface area contributed by atoms with Gasteiger partial charge in [0.25, 0.3) is 0 Å². The first kappa shape index (κ1) is 23.6. The maximum atomic E-state index is 12.6. The number of rotatable bonds is 9. The van der Waals surface area contributed by atoms with Crippen LogP contribution in [0.5, 0.6) is 0 Å². The van der Waals surface area contributed by atoms with Gasteiger partial charge in [0, 0.05) is 5.66 Å². The van der Waals surface area contributed by atoms with Crippen molar-refractivity contribution in [3.8, 4) is 12.3 Å². The minimum atomic E-state index is -4.21. The number of terminal acetylenes is 1. The second kappa shape index (κ2) is 9.61. The van der Waals surface area contributed by atoms with Crippen molar-refractivity contribution in [2.75, 3.05) is 18.9 Å². The summed E-state index contributed by atoms with van der Waals surface area (Å²) < 4.78 is 37.5. The van der Waals surface area contributed by atoms with Gasteiger partial charge in [0.05, 0.1) is 19.0 Å². The van der Waals surface area contributed by atoms with E-state index in [2.05, 4.69) is 20.9 Å². The number of nitrogen functional groups attached to an aromatic ring is 1. The Morgan fingerprint density at radius 2 is 2.06 bits per heavy atom. The molecule has 0 saturated carbocycles. The summed E-state index contributed by atoms with van der Waals surface area (Å²) in [6, 6.07) is 0. The third kappa shape index (κ3) is 5.06. The molecule has 1 aliphatic heterocycles. The molecule has 2 N–H and O–H groups in total. The van der Waals surface area contributed by atoms with Crippen molar-refractivity contribution in [3.63, 3.8) is 0 Å². The van der Waals surface area contributed by atoms with Crippen LogP contribution in [-0.4, -0.2) is 62.8 Å². The third-order valence-electron chi connectivity index (χ3n) is 4.80. The zero-order valence-corrected chi connectivity index (χ0v) is 18.8. The van der Waals surface area contributed by atoms with Gasteiger partial charge in [-0.15, -0.1) is 6.42 Å². The van der Waals surface area contributed by atoms with E-state index >= 15 is 0 Å². The molecule has 0 radical (unpaired) electrons. The van der Waals surface area contributed by atoms with E-state index in [0.29, 0.717) is 11.2 Å². The summed E-state index contributed by atoms with van der Waals surface area (Å²) in [6.45, 7) is 6.84. The molecule has 2 aromatic heterocycles. The minimum Gasteiger partial charge on any atom is -0.778 e. The zero-order valence-electron chi connectivity index (χ0n) is 17.9. The van der Waals surface area contributed by atoms with Gasteiger partial charge >= 0.3 is 0 Å². The number of hydrogen-bond donors (Lipinski definition) is 1. The van der Waals surface area contributed by atoms with E-state index in [-0.39, 0.29) is 25.1 Å². The van der Waals surface area contributed by atoms with Crippen LogP contribution in [0.1, 0.15) is 33.9 Å². The van der Waals surface area contributed by atoms with Gasteiger partial charge in [-0.25, -0.2) is 15.0 Å². The largest absolute Gasteiger partial charge is 0.778 e. The van der Waals surface area contributed by atoms with Crippen LogP contribution in [0.4, 0.5) is 5.82 Å². The fraction of sp³-hybridized carbons (Fsp3) is 0.632. The molecule has 1 fully saturated rings. The third-order valence-corrected chi connectivity index (χ3v) is 6.60. The number of nitrogens with two attached hydrogens (primary N) is 1. The van der Waals surface area contributed by atoms with Crippen molar-refractivity contribution in [3.05, 3.63) is 12.7 Å². The smallest absolute Gasteiger partial charge is 0.167 e. The molecule has 0 aromatic carbocycles. The first-order valence-electron chi connectivity index (χ1n) is 9.90. The van der Waals surface area contributed by atoms with Gasteiger partial charge in [0.2, 0.25) is 0 Å². The van der Waals surface area contributed by atoms with Crippen molar-refractivity contribution >= 4 is 24.6 Å². The van der Waals surface area contributed by atoms with Crippen LogP contribution in [0.3, 0.4) is 0 Å². The molecule has 1 aliphatic rings. The summed E-state index contributed by atoms with van der Waals surface area (Å²) in [7, 11) is -4.21. The van der Waals surface area contributed by atoms with Crippen LogP contribution in [0.15, 0.2) is 12.7 Å². The van der Waals surface area contributed by atoms with E-state index in [1.54, 1.807) is 18.4 Å². The molecular weight excluding hydrogens is 425 g/mol. The van der Waals surface area contributed by atoms with Gasteiger partial charge in [0.1, 0.15) is 44.4 Å². The van der Waals surface area contributed by atoms with Gasteiger partial charge in [-0.05, 0) is 13.8 Å². The van der Waals surface area contributed by atoms with Crippen LogP contribution in [-0.2, 0) is 23.3 Å². The van der Waals surface area contributed by atoms with Crippen LogP contribution in [0.25, 0.3) is 11.2 Å².